The van der Waals surface area contributed by atoms with E-state index in [-0.39, 0.29) is 4.90 Å². The molecular formula is C9H7NO3S. The third kappa shape index (κ3) is 1.75. The second-order valence-corrected chi connectivity index (χ2v) is 4.34. The predicted molar refractivity (Wildman–Crippen MR) is 50.0 cm³/mol. The second-order valence-electron chi connectivity index (χ2n) is 2.42. The van der Waals surface area contributed by atoms with Crippen LogP contribution in [0.15, 0.2) is 46.4 Å². The topological polar surface area (TPSA) is 78.2 Å². The number of nitriles is 1. The number of hydrogen-bond donors (Lipinski definition) is 1. The third-order valence-electron chi connectivity index (χ3n) is 1.57. The zero-order valence-electron chi connectivity index (χ0n) is 7.08. The summed E-state index contributed by atoms with van der Waals surface area (Å²) in [5.41, 5.74) is 0. The Balaban J connectivity index is 3.32. The van der Waals surface area contributed by atoms with Crippen molar-refractivity contribution in [2.75, 3.05) is 0 Å². The highest BCUT2D eigenvalue weighted by atomic mass is 32.2. The summed E-state index contributed by atoms with van der Waals surface area (Å²) < 4.78 is 23.1. The summed E-state index contributed by atoms with van der Waals surface area (Å²) in [7, 11) is -3.85. The molecule has 1 aromatic carbocycles. The highest BCUT2D eigenvalue weighted by molar-refractivity contribution is 7.95. The van der Waals surface area contributed by atoms with Crippen LogP contribution in [0.5, 0.6) is 0 Å². The molecule has 0 aromatic heterocycles. The van der Waals surface area contributed by atoms with Gasteiger partial charge in [-0.05, 0) is 12.1 Å². The van der Waals surface area contributed by atoms with E-state index in [0.29, 0.717) is 6.26 Å². The number of allylic oxidation sites excluding steroid dienone is 1. The fraction of sp³-hybridized carbons (Fsp3) is 0. The third-order valence-corrected chi connectivity index (χ3v) is 3.24. The summed E-state index contributed by atoms with van der Waals surface area (Å²) >= 11 is 0. The first kappa shape index (κ1) is 10.3. The molecule has 0 saturated heterocycles. The van der Waals surface area contributed by atoms with Gasteiger partial charge in [0.15, 0.2) is 4.91 Å². The van der Waals surface area contributed by atoms with E-state index in [1.54, 1.807) is 18.2 Å². The molecule has 0 atom stereocenters. The van der Waals surface area contributed by atoms with Gasteiger partial charge < -0.3 is 5.11 Å². The Labute approximate surface area is 81.6 Å². The standard InChI is InChI=1S/C9H7NO3S/c10-6-9(7-11)14(12,13)8-4-2-1-3-5-8/h1-5,7,11H/b9-7-. The van der Waals surface area contributed by atoms with Gasteiger partial charge in [0.2, 0.25) is 9.84 Å². The quantitative estimate of drug-likeness (QED) is 0.589. The van der Waals surface area contributed by atoms with E-state index in [2.05, 4.69) is 0 Å². The SMILES string of the molecule is N#C/C(=C/O)S(=O)(=O)c1ccccc1. The zero-order chi connectivity index (χ0) is 10.6. The zero-order valence-corrected chi connectivity index (χ0v) is 7.90. The predicted octanol–water partition coefficient (Wildman–Crippen LogP) is 1.38. The molecule has 0 unspecified atom stereocenters. The molecule has 0 fully saturated rings. The smallest absolute Gasteiger partial charge is 0.219 e. The van der Waals surface area contributed by atoms with Crippen molar-refractivity contribution in [3.05, 3.63) is 41.5 Å². The molecule has 5 heteroatoms. The number of hydrogen-bond acceptors (Lipinski definition) is 4. The molecular weight excluding hydrogens is 202 g/mol. The van der Waals surface area contributed by atoms with Crippen molar-refractivity contribution in [3.8, 4) is 6.07 Å². The summed E-state index contributed by atoms with van der Waals surface area (Å²) in [5.74, 6) is 0. The normalized spacial score (nSPS) is 12.1. The lowest BCUT2D eigenvalue weighted by Crippen LogP contribution is -2.03. The average molecular weight is 209 g/mol. The number of benzene rings is 1. The number of rotatable bonds is 2. The maximum absolute atomic E-state index is 11.5. The van der Waals surface area contributed by atoms with Gasteiger partial charge in [0, 0.05) is 0 Å². The first-order valence-corrected chi connectivity index (χ1v) is 5.16. The molecule has 4 nitrogen and oxygen atoms in total. The highest BCUT2D eigenvalue weighted by Crippen LogP contribution is 2.17. The van der Waals surface area contributed by atoms with Crippen LogP contribution in [0, 0.1) is 11.3 Å². The Morgan fingerprint density at radius 3 is 2.36 bits per heavy atom. The molecule has 1 N–H and O–H groups in total. The van der Waals surface area contributed by atoms with E-state index < -0.39 is 14.7 Å². The minimum Gasteiger partial charge on any atom is -0.513 e. The molecule has 0 aliphatic carbocycles. The Bertz CT molecular complexity index is 483. The number of sulfone groups is 1. The minimum absolute atomic E-state index is 0.0122. The molecule has 0 radical (unpaired) electrons. The van der Waals surface area contributed by atoms with Crippen LogP contribution in [0.25, 0.3) is 0 Å². The van der Waals surface area contributed by atoms with E-state index in [9.17, 15) is 8.42 Å². The van der Waals surface area contributed by atoms with E-state index in [1.165, 1.54) is 18.2 Å². The monoisotopic (exact) mass is 209 g/mol. The summed E-state index contributed by atoms with van der Waals surface area (Å²) in [4.78, 5) is -0.675. The van der Waals surface area contributed by atoms with Crippen molar-refractivity contribution in [2.45, 2.75) is 4.90 Å². The maximum Gasteiger partial charge on any atom is 0.219 e. The van der Waals surface area contributed by atoms with Gasteiger partial charge in [0.1, 0.15) is 12.3 Å². The van der Waals surface area contributed by atoms with Crippen molar-refractivity contribution in [1.29, 1.82) is 5.26 Å². The molecule has 1 aromatic rings. The van der Waals surface area contributed by atoms with Crippen molar-refractivity contribution >= 4 is 9.84 Å². The molecule has 72 valence electrons. The van der Waals surface area contributed by atoms with Crippen LogP contribution in [0.3, 0.4) is 0 Å². The number of nitrogens with zero attached hydrogens (tertiary/aromatic N) is 1. The molecule has 1 rings (SSSR count). The first-order valence-electron chi connectivity index (χ1n) is 3.67. The molecule has 14 heavy (non-hydrogen) atoms. The van der Waals surface area contributed by atoms with E-state index >= 15 is 0 Å². The van der Waals surface area contributed by atoms with Crippen LogP contribution in [0.4, 0.5) is 0 Å². The van der Waals surface area contributed by atoms with Gasteiger partial charge in [0.25, 0.3) is 0 Å². The largest absolute Gasteiger partial charge is 0.513 e. The Hall–Kier alpha value is -1.80. The maximum atomic E-state index is 11.5. The lowest BCUT2D eigenvalue weighted by Gasteiger charge is -1.99. The summed E-state index contributed by atoms with van der Waals surface area (Å²) in [6.07, 6.45) is 0.294. The van der Waals surface area contributed by atoms with E-state index in [4.69, 9.17) is 10.4 Å². The van der Waals surface area contributed by atoms with Crippen LogP contribution in [-0.4, -0.2) is 13.5 Å². The van der Waals surface area contributed by atoms with Gasteiger partial charge in [-0.3, -0.25) is 0 Å². The first-order chi connectivity index (χ1) is 6.62. The Morgan fingerprint density at radius 1 is 1.36 bits per heavy atom. The molecule has 0 aliphatic rings. The van der Waals surface area contributed by atoms with Gasteiger partial charge in [0.05, 0.1) is 4.90 Å². The van der Waals surface area contributed by atoms with Gasteiger partial charge in [-0.25, -0.2) is 8.42 Å². The Kier molecular flexibility index (Phi) is 2.89. The van der Waals surface area contributed by atoms with Crippen molar-refractivity contribution in [1.82, 2.24) is 0 Å². The molecule has 0 spiro atoms. The summed E-state index contributed by atoms with van der Waals surface area (Å²) in [5, 5.41) is 17.0. The van der Waals surface area contributed by atoms with Gasteiger partial charge in [-0.1, -0.05) is 18.2 Å². The van der Waals surface area contributed by atoms with Crippen LogP contribution >= 0.6 is 0 Å². The van der Waals surface area contributed by atoms with Gasteiger partial charge >= 0.3 is 0 Å². The lowest BCUT2D eigenvalue weighted by molar-refractivity contribution is 0.471. The van der Waals surface area contributed by atoms with Gasteiger partial charge in [-0.15, -0.1) is 0 Å². The van der Waals surface area contributed by atoms with E-state index in [1.807, 2.05) is 0 Å². The highest BCUT2D eigenvalue weighted by Gasteiger charge is 2.20. The molecule has 0 saturated carbocycles. The summed E-state index contributed by atoms with van der Waals surface area (Å²) in [6.45, 7) is 0. The lowest BCUT2D eigenvalue weighted by atomic mass is 10.4. The van der Waals surface area contributed by atoms with Crippen LogP contribution < -0.4 is 0 Å². The number of aliphatic hydroxyl groups is 1. The second kappa shape index (κ2) is 3.94. The van der Waals surface area contributed by atoms with Crippen molar-refractivity contribution in [3.63, 3.8) is 0 Å². The van der Waals surface area contributed by atoms with Crippen LogP contribution in [0.1, 0.15) is 0 Å². The van der Waals surface area contributed by atoms with Gasteiger partial charge in [-0.2, -0.15) is 5.26 Å². The van der Waals surface area contributed by atoms with E-state index in [0.717, 1.165) is 0 Å². The molecule has 0 heterocycles. The molecule has 0 bridgehead atoms. The van der Waals surface area contributed by atoms with Crippen molar-refractivity contribution < 1.29 is 13.5 Å². The fourth-order valence-electron chi connectivity index (χ4n) is 0.885. The van der Waals surface area contributed by atoms with Crippen molar-refractivity contribution in [2.24, 2.45) is 0 Å². The average Bonchev–Trinajstić information content (AvgIpc) is 2.20. The Morgan fingerprint density at radius 2 is 1.93 bits per heavy atom. The summed E-state index contributed by atoms with van der Waals surface area (Å²) in [6, 6.07) is 8.87. The minimum atomic E-state index is -3.85. The number of aliphatic hydroxyl groups excluding tert-OH is 1. The molecule has 0 aliphatic heterocycles. The van der Waals surface area contributed by atoms with Crippen LogP contribution in [0.2, 0.25) is 0 Å². The molecule has 0 amide bonds. The fourth-order valence-corrected chi connectivity index (χ4v) is 1.91. The van der Waals surface area contributed by atoms with Crippen LogP contribution in [-0.2, 0) is 9.84 Å².